The van der Waals surface area contributed by atoms with E-state index in [1.54, 1.807) is 13.2 Å². The Morgan fingerprint density at radius 3 is 2.67 bits per heavy atom. The summed E-state index contributed by atoms with van der Waals surface area (Å²) in [6, 6.07) is 4.38. The zero-order chi connectivity index (χ0) is 35.8. The molecule has 1 amide bonds. The molecule has 2 aromatic carbocycles. The van der Waals surface area contributed by atoms with Crippen LogP contribution in [0, 0.1) is 5.92 Å². The second-order valence-electron chi connectivity index (χ2n) is 14.3. The van der Waals surface area contributed by atoms with Gasteiger partial charge in [-0.25, -0.2) is 0 Å². The van der Waals surface area contributed by atoms with Gasteiger partial charge in [-0.05, 0) is 38.4 Å². The molecule has 51 heavy (non-hydrogen) atoms. The van der Waals surface area contributed by atoms with Crippen molar-refractivity contribution in [1.82, 2.24) is 15.5 Å². The van der Waals surface area contributed by atoms with Crippen molar-refractivity contribution in [3.8, 4) is 17.2 Å². The summed E-state index contributed by atoms with van der Waals surface area (Å²) in [5, 5.41) is 42.0. The number of hydrogen-bond acceptors (Lipinski definition) is 14. The largest absolute Gasteiger partial charge is 0.507 e. The van der Waals surface area contributed by atoms with Gasteiger partial charge in [-0.2, -0.15) is 0 Å². The molecule has 274 valence electrons. The molecule has 4 aliphatic heterocycles. The zero-order valence-corrected chi connectivity index (χ0v) is 28.7. The van der Waals surface area contributed by atoms with E-state index in [4.69, 9.17) is 28.4 Å². The van der Waals surface area contributed by atoms with Gasteiger partial charge in [0.15, 0.2) is 24.6 Å². The molecule has 4 heterocycles. The van der Waals surface area contributed by atoms with Gasteiger partial charge >= 0.3 is 0 Å². The van der Waals surface area contributed by atoms with Gasteiger partial charge in [0.1, 0.15) is 29.0 Å². The molecule has 2 aromatic rings. The average molecular weight is 710 g/mol. The standard InChI is InChI=1S/C36H43N3O12/c1-16-32-20(39-9-10-48-34(47-3)33(39)51-32)11-23(49-16)50-22-13-36(45,35(44)38-15-17-7-8-37-14-17)12-19-25(22)31(43)27-26(29(19)41)28(40)18-5-4-6-21(46-2)24(18)30(27)42/h4-6,16-17,20,22-23,32-34,37,41,43,45H,7-15H2,1-3H3,(H,38,44)/t16-,17+,20-,22-,23-,32+,33+,34-,36-/m0/s1. The summed E-state index contributed by atoms with van der Waals surface area (Å²) in [4.78, 5) is 43.9. The fourth-order valence-electron chi connectivity index (χ4n) is 8.79. The maximum atomic E-state index is 14.1. The molecule has 4 fully saturated rings. The molecule has 9 atom stereocenters. The van der Waals surface area contributed by atoms with Crippen LogP contribution in [-0.2, 0) is 34.9 Å². The Bertz CT molecular complexity index is 1760. The number of benzene rings is 2. The van der Waals surface area contributed by atoms with Gasteiger partial charge in [-0.3, -0.25) is 19.3 Å². The van der Waals surface area contributed by atoms with Crippen molar-refractivity contribution in [2.45, 2.75) is 81.4 Å². The third-order valence-corrected chi connectivity index (χ3v) is 11.3. The zero-order valence-electron chi connectivity index (χ0n) is 28.7. The number of phenols is 2. The Kier molecular flexibility index (Phi) is 8.82. The van der Waals surface area contributed by atoms with E-state index in [9.17, 15) is 29.7 Å². The summed E-state index contributed by atoms with van der Waals surface area (Å²) in [5.41, 5.74) is -3.00. The van der Waals surface area contributed by atoms with E-state index in [0.717, 1.165) is 19.5 Å². The highest BCUT2D eigenvalue weighted by Gasteiger charge is 2.55. The number of fused-ring (bicyclic) bond motifs is 6. The molecule has 0 spiro atoms. The lowest BCUT2D eigenvalue weighted by Crippen LogP contribution is -2.55. The van der Waals surface area contributed by atoms with E-state index in [0.29, 0.717) is 26.1 Å². The molecule has 15 nitrogen and oxygen atoms in total. The monoisotopic (exact) mass is 709 g/mol. The maximum absolute atomic E-state index is 14.1. The van der Waals surface area contributed by atoms with Gasteiger partial charge in [0.05, 0.1) is 42.6 Å². The summed E-state index contributed by atoms with van der Waals surface area (Å²) < 4.78 is 35.9. The lowest BCUT2D eigenvalue weighted by Gasteiger charge is -2.43. The number of hydrogen-bond donors (Lipinski definition) is 5. The van der Waals surface area contributed by atoms with E-state index in [2.05, 4.69) is 15.5 Å². The number of carbonyl (C=O) groups is 3. The number of rotatable bonds is 7. The SMILES string of the molecule is COc1cccc2c1C(=O)c1c(O)c3c(c(O)c1C2=O)C[C@@](O)(C(=O)NC[C@@H]1CCNC1)C[C@@H]3O[C@H]1C[C@H]2[C@H](O[C@@H]3[C@@H](OC)OCCN32)[C@H](C)O1. The summed E-state index contributed by atoms with van der Waals surface area (Å²) in [5.74, 6) is -2.94. The Morgan fingerprint density at radius 2 is 1.92 bits per heavy atom. The van der Waals surface area contributed by atoms with Crippen molar-refractivity contribution in [3.63, 3.8) is 0 Å². The van der Waals surface area contributed by atoms with Crippen LogP contribution in [0.25, 0.3) is 0 Å². The lowest BCUT2D eigenvalue weighted by molar-refractivity contribution is -0.256. The molecule has 4 saturated heterocycles. The molecule has 0 unspecified atom stereocenters. The number of phenolic OH excluding ortho intramolecular Hbond substituents is 2. The summed E-state index contributed by atoms with van der Waals surface area (Å²) in [7, 11) is 2.92. The minimum absolute atomic E-state index is 0.00153. The van der Waals surface area contributed by atoms with Gasteiger partial charge in [0.25, 0.3) is 5.91 Å². The van der Waals surface area contributed by atoms with Crippen molar-refractivity contribution in [2.24, 2.45) is 5.92 Å². The number of nitrogens with one attached hydrogen (secondary N) is 2. The smallest absolute Gasteiger partial charge is 0.252 e. The predicted molar refractivity (Wildman–Crippen MR) is 176 cm³/mol. The van der Waals surface area contributed by atoms with Gasteiger partial charge in [-0.15, -0.1) is 0 Å². The molecule has 5 N–H and O–H groups in total. The fourth-order valence-corrected chi connectivity index (χ4v) is 8.79. The second kappa shape index (κ2) is 13.1. The van der Waals surface area contributed by atoms with E-state index in [1.807, 2.05) is 6.92 Å². The average Bonchev–Trinajstić information content (AvgIpc) is 3.79. The van der Waals surface area contributed by atoms with Crippen molar-refractivity contribution in [1.29, 1.82) is 0 Å². The first-order chi connectivity index (χ1) is 24.5. The lowest BCUT2D eigenvalue weighted by atomic mass is 9.72. The van der Waals surface area contributed by atoms with Crippen molar-refractivity contribution < 1.29 is 58.1 Å². The van der Waals surface area contributed by atoms with Crippen LogP contribution in [0.1, 0.15) is 75.3 Å². The quantitative estimate of drug-likeness (QED) is 0.217. The maximum Gasteiger partial charge on any atom is 0.252 e. The van der Waals surface area contributed by atoms with Crippen LogP contribution in [0.15, 0.2) is 18.2 Å². The van der Waals surface area contributed by atoms with Crippen LogP contribution in [0.5, 0.6) is 17.2 Å². The third-order valence-electron chi connectivity index (χ3n) is 11.3. The first-order valence-electron chi connectivity index (χ1n) is 17.5. The van der Waals surface area contributed by atoms with Gasteiger partial charge in [0.2, 0.25) is 5.78 Å². The number of ether oxygens (including phenoxy) is 6. The number of carbonyl (C=O) groups excluding carboxylic acids is 3. The molecule has 0 bridgehead atoms. The Balaban J connectivity index is 1.17. The van der Waals surface area contributed by atoms with E-state index in [-0.39, 0.29) is 52.5 Å². The highest BCUT2D eigenvalue weighted by atomic mass is 16.7. The van der Waals surface area contributed by atoms with E-state index >= 15 is 0 Å². The molecule has 0 saturated carbocycles. The number of methoxy groups -OCH3 is 2. The van der Waals surface area contributed by atoms with Crippen molar-refractivity contribution in [2.75, 3.05) is 47.0 Å². The van der Waals surface area contributed by atoms with Crippen molar-refractivity contribution in [3.05, 3.63) is 51.6 Å². The summed E-state index contributed by atoms with van der Waals surface area (Å²) in [6.45, 7) is 4.79. The Morgan fingerprint density at radius 1 is 1.12 bits per heavy atom. The number of aliphatic hydroxyl groups is 1. The summed E-state index contributed by atoms with van der Waals surface area (Å²) >= 11 is 0. The Hall–Kier alpha value is -3.67. The first kappa shape index (κ1) is 34.4. The van der Waals surface area contributed by atoms with Crippen LogP contribution in [-0.4, -0.2) is 127 Å². The summed E-state index contributed by atoms with van der Waals surface area (Å²) in [6.07, 6.45) is -3.50. The third kappa shape index (κ3) is 5.53. The molecule has 0 radical (unpaired) electrons. The van der Waals surface area contributed by atoms with Crippen molar-refractivity contribution >= 4 is 17.5 Å². The number of ketones is 2. The van der Waals surface area contributed by atoms with E-state index in [1.165, 1.54) is 19.2 Å². The number of morpholine rings is 1. The van der Waals surface area contributed by atoms with E-state index < -0.39 is 83.1 Å². The van der Waals surface area contributed by atoms with Crippen LogP contribution < -0.4 is 15.4 Å². The first-order valence-corrected chi connectivity index (χ1v) is 17.5. The van der Waals surface area contributed by atoms with Crippen LogP contribution >= 0.6 is 0 Å². The number of amides is 1. The highest BCUT2D eigenvalue weighted by Crippen LogP contribution is 2.53. The van der Waals surface area contributed by atoms with Gasteiger partial charge < -0.3 is 54.4 Å². The normalized spacial score (nSPS) is 34.3. The molecular weight excluding hydrogens is 666 g/mol. The second-order valence-corrected chi connectivity index (χ2v) is 14.3. The number of aromatic hydroxyl groups is 2. The molecule has 6 aliphatic rings. The fraction of sp³-hybridized carbons (Fsp3) is 0.583. The minimum atomic E-state index is -2.11. The molecule has 0 aromatic heterocycles. The topological polar surface area (TPSA) is 195 Å². The molecule has 2 aliphatic carbocycles. The Labute approximate surface area is 294 Å². The predicted octanol–water partition coefficient (Wildman–Crippen LogP) is 0.876. The van der Waals surface area contributed by atoms with Gasteiger partial charge in [-0.1, -0.05) is 12.1 Å². The van der Waals surface area contributed by atoms with Crippen LogP contribution in [0.2, 0.25) is 0 Å². The highest BCUT2D eigenvalue weighted by molar-refractivity contribution is 6.31. The van der Waals surface area contributed by atoms with Crippen LogP contribution in [0.3, 0.4) is 0 Å². The number of nitrogens with zero attached hydrogens (tertiary/aromatic N) is 1. The molecular formula is C36H43N3O12. The molecule has 8 rings (SSSR count). The minimum Gasteiger partial charge on any atom is -0.507 e. The van der Waals surface area contributed by atoms with Gasteiger partial charge in [0, 0.05) is 62.2 Å². The van der Waals surface area contributed by atoms with Crippen LogP contribution in [0.4, 0.5) is 0 Å². The molecule has 15 heteroatoms.